The van der Waals surface area contributed by atoms with Gasteiger partial charge in [0.2, 0.25) is 0 Å². The van der Waals surface area contributed by atoms with Gasteiger partial charge in [0.15, 0.2) is 0 Å². The maximum atomic E-state index is 14.4. The summed E-state index contributed by atoms with van der Waals surface area (Å²) in [6.45, 7) is 4.66. The molecule has 0 saturated heterocycles. The Bertz CT molecular complexity index is 627. The van der Waals surface area contributed by atoms with Crippen molar-refractivity contribution in [1.82, 2.24) is 15.1 Å². The van der Waals surface area contributed by atoms with E-state index >= 15 is 0 Å². The Morgan fingerprint density at radius 1 is 1.50 bits per heavy atom. The number of nitrogens with zero attached hydrogens (tertiary/aromatic N) is 2. The molecule has 1 aromatic carbocycles. The molecule has 1 N–H and O–H groups in total. The molecule has 6 heteroatoms. The topological polar surface area (TPSA) is 29.9 Å². The van der Waals surface area contributed by atoms with Crippen LogP contribution in [0.15, 0.2) is 22.7 Å². The second-order valence-corrected chi connectivity index (χ2v) is 5.74. The molecule has 2 rings (SSSR count). The van der Waals surface area contributed by atoms with E-state index in [2.05, 4.69) is 26.3 Å². The minimum Gasteiger partial charge on any atom is -0.308 e. The third-order valence-corrected chi connectivity index (χ3v) is 4.45. The quantitative estimate of drug-likeness (QED) is 0.833. The van der Waals surface area contributed by atoms with Gasteiger partial charge >= 0.3 is 0 Å². The zero-order valence-electron chi connectivity index (χ0n) is 11.5. The molecule has 20 heavy (non-hydrogen) atoms. The second kappa shape index (κ2) is 6.24. The second-order valence-electron chi connectivity index (χ2n) is 4.51. The molecule has 1 atom stereocenters. The highest BCUT2D eigenvalue weighted by Crippen LogP contribution is 2.33. The molecule has 0 aliphatic heterocycles. The molecule has 1 unspecified atom stereocenters. The highest BCUT2D eigenvalue weighted by Gasteiger charge is 2.22. The minimum absolute atomic E-state index is 0.0991. The molecule has 0 aliphatic carbocycles. The van der Waals surface area contributed by atoms with Gasteiger partial charge < -0.3 is 5.32 Å². The van der Waals surface area contributed by atoms with Gasteiger partial charge in [-0.2, -0.15) is 5.10 Å². The summed E-state index contributed by atoms with van der Waals surface area (Å²) in [6, 6.07) is 5.15. The van der Waals surface area contributed by atoms with Crippen LogP contribution in [0.5, 0.6) is 0 Å². The SMILES string of the molecule is CCn1nc(C)cc1C(NC)c1ccc(Br)c(Cl)c1F. The van der Waals surface area contributed by atoms with Crippen molar-refractivity contribution in [2.45, 2.75) is 26.4 Å². The molecular formula is C14H16BrClFN3. The van der Waals surface area contributed by atoms with Crippen LogP contribution in [0.2, 0.25) is 5.02 Å². The molecule has 108 valence electrons. The summed E-state index contributed by atoms with van der Waals surface area (Å²) in [5.41, 5.74) is 2.34. The van der Waals surface area contributed by atoms with Gasteiger partial charge in [0, 0.05) is 16.6 Å². The summed E-state index contributed by atoms with van der Waals surface area (Å²) < 4.78 is 16.8. The summed E-state index contributed by atoms with van der Waals surface area (Å²) in [5.74, 6) is -0.415. The predicted octanol–water partition coefficient (Wildman–Crippen LogP) is 4.08. The number of hydrogen-bond donors (Lipinski definition) is 1. The van der Waals surface area contributed by atoms with Gasteiger partial charge in [-0.05, 0) is 49.0 Å². The Morgan fingerprint density at radius 3 is 2.80 bits per heavy atom. The molecule has 0 aliphatic rings. The van der Waals surface area contributed by atoms with Crippen LogP contribution in [0.1, 0.15) is 29.9 Å². The zero-order valence-corrected chi connectivity index (χ0v) is 13.9. The third-order valence-electron chi connectivity index (χ3n) is 3.19. The van der Waals surface area contributed by atoms with Crippen LogP contribution in [0.25, 0.3) is 0 Å². The minimum atomic E-state index is -0.415. The van der Waals surface area contributed by atoms with E-state index in [9.17, 15) is 4.39 Å². The lowest BCUT2D eigenvalue weighted by Crippen LogP contribution is -2.22. The zero-order chi connectivity index (χ0) is 14.9. The summed E-state index contributed by atoms with van der Waals surface area (Å²) in [6.07, 6.45) is 0. The number of nitrogens with one attached hydrogen (secondary N) is 1. The van der Waals surface area contributed by atoms with Crippen LogP contribution in [-0.2, 0) is 6.54 Å². The molecule has 0 bridgehead atoms. The third kappa shape index (κ3) is 2.75. The van der Waals surface area contributed by atoms with Crippen LogP contribution in [-0.4, -0.2) is 16.8 Å². The van der Waals surface area contributed by atoms with E-state index in [1.54, 1.807) is 19.2 Å². The Balaban J connectivity index is 2.55. The standard InChI is InChI=1S/C14H16BrClFN3/c1-4-20-11(7-8(2)19-20)14(18-3)9-5-6-10(15)12(16)13(9)17/h5-7,14,18H,4H2,1-3H3. The van der Waals surface area contributed by atoms with Crippen molar-refractivity contribution in [2.75, 3.05) is 7.05 Å². The fourth-order valence-corrected chi connectivity index (χ4v) is 2.76. The highest BCUT2D eigenvalue weighted by atomic mass is 79.9. The van der Waals surface area contributed by atoms with Crippen molar-refractivity contribution in [2.24, 2.45) is 0 Å². The number of aromatic nitrogens is 2. The van der Waals surface area contributed by atoms with Gasteiger partial charge in [0.1, 0.15) is 5.82 Å². The van der Waals surface area contributed by atoms with E-state index in [-0.39, 0.29) is 11.1 Å². The summed E-state index contributed by atoms with van der Waals surface area (Å²) in [5, 5.41) is 7.64. The van der Waals surface area contributed by atoms with Gasteiger partial charge in [-0.15, -0.1) is 0 Å². The molecule has 1 aromatic heterocycles. The first kappa shape index (κ1) is 15.5. The number of benzene rings is 1. The Morgan fingerprint density at radius 2 is 2.20 bits per heavy atom. The number of hydrogen-bond acceptors (Lipinski definition) is 2. The van der Waals surface area contributed by atoms with Gasteiger partial charge in [0.05, 0.1) is 22.5 Å². The predicted molar refractivity (Wildman–Crippen MR) is 82.7 cm³/mol. The van der Waals surface area contributed by atoms with Crippen LogP contribution < -0.4 is 5.32 Å². The van der Waals surface area contributed by atoms with Crippen LogP contribution in [0, 0.1) is 12.7 Å². The lowest BCUT2D eigenvalue weighted by Gasteiger charge is -2.19. The summed E-state index contributed by atoms with van der Waals surface area (Å²) in [4.78, 5) is 0. The first-order valence-electron chi connectivity index (χ1n) is 6.34. The van der Waals surface area contributed by atoms with Crippen molar-refractivity contribution in [1.29, 1.82) is 0 Å². The van der Waals surface area contributed by atoms with Gasteiger partial charge in [-0.1, -0.05) is 17.7 Å². The van der Waals surface area contributed by atoms with Gasteiger partial charge in [0.25, 0.3) is 0 Å². The fourth-order valence-electron chi connectivity index (χ4n) is 2.28. The van der Waals surface area contributed by atoms with Crippen LogP contribution in [0.4, 0.5) is 4.39 Å². The lowest BCUT2D eigenvalue weighted by molar-refractivity contribution is 0.532. The molecule has 3 nitrogen and oxygen atoms in total. The fraction of sp³-hybridized carbons (Fsp3) is 0.357. The van der Waals surface area contributed by atoms with E-state index in [0.29, 0.717) is 10.0 Å². The van der Waals surface area contributed by atoms with Crippen LogP contribution in [0.3, 0.4) is 0 Å². The first-order chi connectivity index (χ1) is 9.49. The first-order valence-corrected chi connectivity index (χ1v) is 7.51. The maximum Gasteiger partial charge on any atom is 0.148 e. The van der Waals surface area contributed by atoms with Crippen molar-refractivity contribution in [3.05, 3.63) is 50.5 Å². The van der Waals surface area contributed by atoms with E-state index in [1.165, 1.54) is 0 Å². The molecule has 2 aromatic rings. The van der Waals surface area contributed by atoms with Gasteiger partial charge in [-0.3, -0.25) is 4.68 Å². The van der Waals surface area contributed by atoms with Crippen molar-refractivity contribution >= 4 is 27.5 Å². The molecule has 0 saturated carbocycles. The molecule has 1 heterocycles. The largest absolute Gasteiger partial charge is 0.308 e. The Hall–Kier alpha value is -0.910. The van der Waals surface area contributed by atoms with Crippen molar-refractivity contribution in [3.8, 4) is 0 Å². The molecule has 0 radical (unpaired) electrons. The highest BCUT2D eigenvalue weighted by molar-refractivity contribution is 9.10. The lowest BCUT2D eigenvalue weighted by atomic mass is 10.0. The summed E-state index contributed by atoms with van der Waals surface area (Å²) >= 11 is 9.21. The Labute approximate surface area is 131 Å². The van der Waals surface area contributed by atoms with Crippen molar-refractivity contribution in [3.63, 3.8) is 0 Å². The Kier molecular flexibility index (Phi) is 4.83. The van der Waals surface area contributed by atoms with Gasteiger partial charge in [-0.25, -0.2) is 4.39 Å². The molecule has 0 fully saturated rings. The maximum absolute atomic E-state index is 14.4. The number of aryl methyl sites for hydroxylation is 2. The van der Waals surface area contributed by atoms with Crippen molar-refractivity contribution < 1.29 is 4.39 Å². The van der Waals surface area contributed by atoms with Crippen LogP contribution >= 0.6 is 27.5 Å². The number of halogens is 3. The molecular weight excluding hydrogens is 345 g/mol. The average Bonchev–Trinajstić information content (AvgIpc) is 2.80. The van der Waals surface area contributed by atoms with E-state index in [1.807, 2.05) is 24.6 Å². The van der Waals surface area contributed by atoms with E-state index in [0.717, 1.165) is 17.9 Å². The normalized spacial score (nSPS) is 12.7. The average molecular weight is 361 g/mol. The molecule has 0 spiro atoms. The number of rotatable bonds is 4. The monoisotopic (exact) mass is 359 g/mol. The van der Waals surface area contributed by atoms with E-state index in [4.69, 9.17) is 11.6 Å². The molecule has 0 amide bonds. The summed E-state index contributed by atoms with van der Waals surface area (Å²) in [7, 11) is 1.79. The smallest absolute Gasteiger partial charge is 0.148 e. The van der Waals surface area contributed by atoms with E-state index < -0.39 is 5.82 Å².